The number of ether oxygens (including phenoxy) is 4. The van der Waals surface area contributed by atoms with Crippen molar-refractivity contribution in [3.8, 4) is 17.2 Å². The fourth-order valence-electron chi connectivity index (χ4n) is 1.93. The maximum atomic E-state index is 5.53. The Morgan fingerprint density at radius 3 is 2.10 bits per heavy atom. The molecule has 0 saturated heterocycles. The summed E-state index contributed by atoms with van der Waals surface area (Å²) >= 11 is 0. The first kappa shape index (κ1) is 17.6. The molecule has 5 heteroatoms. The van der Waals surface area contributed by atoms with E-state index in [1.54, 1.807) is 21.3 Å². The summed E-state index contributed by atoms with van der Waals surface area (Å²) in [7, 11) is 4.84. The molecule has 0 saturated carbocycles. The number of nitrogens with one attached hydrogen (secondary N) is 1. The Labute approximate surface area is 127 Å². The van der Waals surface area contributed by atoms with Crippen LogP contribution in [0, 0.1) is 5.92 Å². The van der Waals surface area contributed by atoms with Crippen molar-refractivity contribution in [2.75, 3.05) is 41.1 Å². The highest BCUT2D eigenvalue weighted by atomic mass is 16.5. The number of rotatable bonds is 10. The summed E-state index contributed by atoms with van der Waals surface area (Å²) in [5.41, 5.74) is 1.08. The second-order valence-corrected chi connectivity index (χ2v) is 5.18. The number of hydrogen-bond donors (Lipinski definition) is 1. The lowest BCUT2D eigenvalue weighted by atomic mass is 10.2. The van der Waals surface area contributed by atoms with Crippen LogP contribution < -0.4 is 19.5 Å². The first-order valence-electron chi connectivity index (χ1n) is 7.19. The summed E-state index contributed by atoms with van der Waals surface area (Å²) in [6, 6.07) is 3.90. The van der Waals surface area contributed by atoms with Crippen molar-refractivity contribution in [2.45, 2.75) is 20.4 Å². The van der Waals surface area contributed by atoms with E-state index < -0.39 is 0 Å². The molecule has 21 heavy (non-hydrogen) atoms. The van der Waals surface area contributed by atoms with Crippen LogP contribution >= 0.6 is 0 Å². The zero-order chi connectivity index (χ0) is 15.7. The summed E-state index contributed by atoms with van der Waals surface area (Å²) in [6.07, 6.45) is 0. The van der Waals surface area contributed by atoms with Crippen LogP contribution in [0.1, 0.15) is 19.4 Å². The van der Waals surface area contributed by atoms with Crippen LogP contribution in [-0.2, 0) is 11.3 Å². The quantitative estimate of drug-likeness (QED) is 0.672. The molecule has 0 aliphatic carbocycles. The van der Waals surface area contributed by atoms with Crippen molar-refractivity contribution in [1.82, 2.24) is 5.32 Å². The van der Waals surface area contributed by atoms with Gasteiger partial charge in [-0.1, -0.05) is 13.8 Å². The fraction of sp³-hybridized carbons (Fsp3) is 0.625. The molecule has 0 aliphatic rings. The molecule has 0 bridgehead atoms. The molecule has 0 aliphatic heterocycles. The van der Waals surface area contributed by atoms with Gasteiger partial charge in [-0.25, -0.2) is 0 Å². The standard InChI is InChI=1S/C16H27NO4/c1-12(2)11-21-7-6-17-10-13-8-14(18-3)16(20-5)15(9-13)19-4/h8-9,12,17H,6-7,10-11H2,1-5H3. The molecule has 1 rings (SSSR count). The average molecular weight is 297 g/mol. The Balaban J connectivity index is 2.51. The molecular formula is C16H27NO4. The Bertz CT molecular complexity index is 396. The van der Waals surface area contributed by atoms with Crippen molar-refractivity contribution >= 4 is 0 Å². The Morgan fingerprint density at radius 1 is 1.00 bits per heavy atom. The average Bonchev–Trinajstić information content (AvgIpc) is 2.49. The number of benzene rings is 1. The monoisotopic (exact) mass is 297 g/mol. The summed E-state index contributed by atoms with van der Waals surface area (Å²) in [5.74, 6) is 2.53. The first-order valence-corrected chi connectivity index (χ1v) is 7.19. The lowest BCUT2D eigenvalue weighted by Gasteiger charge is -2.14. The van der Waals surface area contributed by atoms with E-state index in [2.05, 4.69) is 19.2 Å². The topological polar surface area (TPSA) is 49.0 Å². The molecule has 1 aromatic carbocycles. The van der Waals surface area contributed by atoms with E-state index in [-0.39, 0.29) is 0 Å². The van der Waals surface area contributed by atoms with Gasteiger partial charge in [0.05, 0.1) is 27.9 Å². The van der Waals surface area contributed by atoms with Crippen LogP contribution in [-0.4, -0.2) is 41.1 Å². The molecule has 0 atom stereocenters. The van der Waals surface area contributed by atoms with E-state index in [1.807, 2.05) is 12.1 Å². The molecule has 1 aromatic rings. The van der Waals surface area contributed by atoms with E-state index in [0.717, 1.165) is 25.3 Å². The smallest absolute Gasteiger partial charge is 0.203 e. The molecule has 0 heterocycles. The molecule has 0 radical (unpaired) electrons. The van der Waals surface area contributed by atoms with Gasteiger partial charge in [-0.05, 0) is 23.6 Å². The SMILES string of the molecule is COc1cc(CNCCOCC(C)C)cc(OC)c1OC. The molecule has 5 nitrogen and oxygen atoms in total. The molecule has 0 amide bonds. The highest BCUT2D eigenvalue weighted by molar-refractivity contribution is 5.53. The van der Waals surface area contributed by atoms with E-state index in [4.69, 9.17) is 18.9 Å². The predicted octanol–water partition coefficient (Wildman–Crippen LogP) is 2.47. The summed E-state index contributed by atoms with van der Waals surface area (Å²) < 4.78 is 21.5. The van der Waals surface area contributed by atoms with Gasteiger partial charge < -0.3 is 24.3 Å². The van der Waals surface area contributed by atoms with Gasteiger partial charge >= 0.3 is 0 Å². The Kier molecular flexibility index (Phi) is 7.93. The van der Waals surface area contributed by atoms with Crippen molar-refractivity contribution < 1.29 is 18.9 Å². The highest BCUT2D eigenvalue weighted by Crippen LogP contribution is 2.38. The molecular weight excluding hydrogens is 270 g/mol. The minimum absolute atomic E-state index is 0.570. The lowest BCUT2D eigenvalue weighted by Crippen LogP contribution is -2.20. The number of methoxy groups -OCH3 is 3. The van der Waals surface area contributed by atoms with Crippen LogP contribution in [0.25, 0.3) is 0 Å². The lowest BCUT2D eigenvalue weighted by molar-refractivity contribution is 0.111. The van der Waals surface area contributed by atoms with Gasteiger partial charge in [-0.2, -0.15) is 0 Å². The van der Waals surface area contributed by atoms with Crippen molar-refractivity contribution in [3.63, 3.8) is 0 Å². The van der Waals surface area contributed by atoms with Gasteiger partial charge in [0.25, 0.3) is 0 Å². The third-order valence-corrected chi connectivity index (χ3v) is 2.93. The van der Waals surface area contributed by atoms with E-state index in [1.165, 1.54) is 0 Å². The zero-order valence-corrected chi connectivity index (χ0v) is 13.7. The van der Waals surface area contributed by atoms with E-state index in [0.29, 0.717) is 29.8 Å². The van der Waals surface area contributed by atoms with Gasteiger partial charge in [-0.15, -0.1) is 0 Å². The van der Waals surface area contributed by atoms with Crippen LogP contribution in [0.4, 0.5) is 0 Å². The normalized spacial score (nSPS) is 10.8. The van der Waals surface area contributed by atoms with Crippen LogP contribution in [0.2, 0.25) is 0 Å². The predicted molar refractivity (Wildman–Crippen MR) is 83.5 cm³/mol. The van der Waals surface area contributed by atoms with Crippen LogP contribution in [0.15, 0.2) is 12.1 Å². The van der Waals surface area contributed by atoms with Crippen molar-refractivity contribution in [2.24, 2.45) is 5.92 Å². The summed E-state index contributed by atoms with van der Waals surface area (Å²) in [6.45, 7) is 7.33. The van der Waals surface area contributed by atoms with E-state index in [9.17, 15) is 0 Å². The van der Waals surface area contributed by atoms with Gasteiger partial charge in [0.15, 0.2) is 11.5 Å². The van der Waals surface area contributed by atoms with Gasteiger partial charge in [0.2, 0.25) is 5.75 Å². The molecule has 0 aromatic heterocycles. The second kappa shape index (κ2) is 9.47. The highest BCUT2D eigenvalue weighted by Gasteiger charge is 2.12. The van der Waals surface area contributed by atoms with Crippen LogP contribution in [0.5, 0.6) is 17.2 Å². The first-order chi connectivity index (χ1) is 10.1. The van der Waals surface area contributed by atoms with E-state index >= 15 is 0 Å². The third kappa shape index (κ3) is 5.81. The maximum absolute atomic E-state index is 5.53. The van der Waals surface area contributed by atoms with Crippen molar-refractivity contribution in [3.05, 3.63) is 17.7 Å². The second-order valence-electron chi connectivity index (χ2n) is 5.18. The molecule has 120 valence electrons. The largest absolute Gasteiger partial charge is 0.493 e. The summed E-state index contributed by atoms with van der Waals surface area (Å²) in [5, 5.41) is 3.34. The molecule has 0 spiro atoms. The molecule has 0 fully saturated rings. The van der Waals surface area contributed by atoms with Gasteiger partial charge in [0, 0.05) is 19.7 Å². The zero-order valence-electron chi connectivity index (χ0n) is 13.7. The Morgan fingerprint density at radius 2 is 1.62 bits per heavy atom. The van der Waals surface area contributed by atoms with Gasteiger partial charge in [-0.3, -0.25) is 0 Å². The number of hydrogen-bond acceptors (Lipinski definition) is 5. The summed E-state index contributed by atoms with van der Waals surface area (Å²) in [4.78, 5) is 0. The maximum Gasteiger partial charge on any atom is 0.203 e. The Hall–Kier alpha value is -1.46. The minimum Gasteiger partial charge on any atom is -0.493 e. The fourth-order valence-corrected chi connectivity index (χ4v) is 1.93. The van der Waals surface area contributed by atoms with Gasteiger partial charge in [0.1, 0.15) is 0 Å². The third-order valence-electron chi connectivity index (χ3n) is 2.93. The van der Waals surface area contributed by atoms with Crippen LogP contribution in [0.3, 0.4) is 0 Å². The molecule has 1 N–H and O–H groups in total. The van der Waals surface area contributed by atoms with Crippen molar-refractivity contribution in [1.29, 1.82) is 0 Å². The molecule has 0 unspecified atom stereocenters. The minimum atomic E-state index is 0.570.